The lowest BCUT2D eigenvalue weighted by Crippen LogP contribution is -2.52. The minimum absolute atomic E-state index is 0.00370. The van der Waals surface area contributed by atoms with Crippen LogP contribution in [0.1, 0.15) is 44.9 Å². The average molecular weight is 214 g/mol. The first-order valence-corrected chi connectivity index (χ1v) is 5.87. The zero-order valence-corrected chi connectivity index (χ0v) is 9.30. The Labute approximate surface area is 91.2 Å². The molecule has 4 heteroatoms. The summed E-state index contributed by atoms with van der Waals surface area (Å²) in [5.74, 6) is 0.00370. The molecule has 1 fully saturated rings. The number of rotatable bonds is 6. The molecule has 1 aliphatic rings. The average Bonchev–Trinajstić information content (AvgIpc) is 2.66. The number of amides is 1. The summed E-state index contributed by atoms with van der Waals surface area (Å²) < 4.78 is 0. The van der Waals surface area contributed by atoms with E-state index in [9.17, 15) is 4.79 Å². The van der Waals surface area contributed by atoms with Crippen LogP contribution in [0.2, 0.25) is 0 Å². The van der Waals surface area contributed by atoms with Gasteiger partial charge >= 0.3 is 0 Å². The van der Waals surface area contributed by atoms with Gasteiger partial charge in [0.15, 0.2) is 0 Å². The summed E-state index contributed by atoms with van der Waals surface area (Å²) in [5.41, 5.74) is 5.39. The normalized spacial score (nSPS) is 19.1. The van der Waals surface area contributed by atoms with Gasteiger partial charge in [-0.25, -0.2) is 0 Å². The molecule has 1 aliphatic carbocycles. The van der Waals surface area contributed by atoms with Crippen molar-refractivity contribution < 1.29 is 9.90 Å². The predicted molar refractivity (Wildman–Crippen MR) is 59.3 cm³/mol. The molecule has 1 amide bonds. The van der Waals surface area contributed by atoms with Crippen LogP contribution in [0, 0.1) is 0 Å². The van der Waals surface area contributed by atoms with Gasteiger partial charge in [-0.1, -0.05) is 12.8 Å². The smallest absolute Gasteiger partial charge is 0.240 e. The maximum absolute atomic E-state index is 11.7. The molecule has 0 bridgehead atoms. The standard InChI is InChI=1S/C11H22N2O2/c12-11(6-2-3-7-11)10(15)13-8-4-1-5-9-14/h14H,1-9,12H2,(H,13,15). The topological polar surface area (TPSA) is 75.4 Å². The molecule has 0 aromatic rings. The van der Waals surface area contributed by atoms with E-state index in [1.165, 1.54) is 0 Å². The van der Waals surface area contributed by atoms with Crippen molar-refractivity contribution in [3.63, 3.8) is 0 Å². The molecular weight excluding hydrogens is 192 g/mol. The lowest BCUT2D eigenvalue weighted by molar-refractivity contribution is -0.126. The van der Waals surface area contributed by atoms with Gasteiger partial charge in [-0.2, -0.15) is 0 Å². The van der Waals surface area contributed by atoms with Gasteiger partial charge in [0.2, 0.25) is 5.91 Å². The first kappa shape index (κ1) is 12.5. The van der Waals surface area contributed by atoms with Crippen LogP contribution < -0.4 is 11.1 Å². The zero-order valence-electron chi connectivity index (χ0n) is 9.30. The largest absolute Gasteiger partial charge is 0.396 e. The van der Waals surface area contributed by atoms with Crippen LogP contribution in [0.3, 0.4) is 0 Å². The van der Waals surface area contributed by atoms with Crippen molar-refractivity contribution in [2.24, 2.45) is 5.73 Å². The summed E-state index contributed by atoms with van der Waals surface area (Å²) in [4.78, 5) is 11.7. The number of carbonyl (C=O) groups excluding carboxylic acids is 1. The quantitative estimate of drug-likeness (QED) is 0.565. The second kappa shape index (κ2) is 6.08. The lowest BCUT2D eigenvalue weighted by atomic mass is 9.98. The van der Waals surface area contributed by atoms with Gasteiger partial charge in [-0.15, -0.1) is 0 Å². The molecule has 0 atom stereocenters. The van der Waals surface area contributed by atoms with E-state index in [4.69, 9.17) is 10.8 Å². The molecule has 0 aromatic carbocycles. The number of nitrogens with one attached hydrogen (secondary N) is 1. The molecule has 0 unspecified atom stereocenters. The number of aliphatic hydroxyl groups excluding tert-OH is 1. The first-order valence-electron chi connectivity index (χ1n) is 5.87. The minimum atomic E-state index is -0.600. The first-order chi connectivity index (χ1) is 7.19. The van der Waals surface area contributed by atoms with Gasteiger partial charge in [0.05, 0.1) is 5.54 Å². The molecule has 1 rings (SSSR count). The zero-order chi connectivity index (χ0) is 11.1. The molecule has 4 nitrogen and oxygen atoms in total. The molecule has 88 valence electrons. The van der Waals surface area contributed by atoms with Crippen molar-refractivity contribution in [2.45, 2.75) is 50.5 Å². The molecule has 0 radical (unpaired) electrons. The minimum Gasteiger partial charge on any atom is -0.396 e. The SMILES string of the molecule is NC1(C(=O)NCCCCCO)CCCC1. The highest BCUT2D eigenvalue weighted by molar-refractivity contribution is 5.86. The predicted octanol–water partition coefficient (Wildman–Crippen LogP) is 0.537. The van der Waals surface area contributed by atoms with Gasteiger partial charge in [0.25, 0.3) is 0 Å². The molecule has 1 saturated carbocycles. The highest BCUT2D eigenvalue weighted by atomic mass is 16.2. The summed E-state index contributed by atoms with van der Waals surface area (Å²) in [7, 11) is 0. The Bertz CT molecular complexity index is 201. The summed E-state index contributed by atoms with van der Waals surface area (Å²) in [6, 6.07) is 0. The van der Waals surface area contributed by atoms with Gasteiger partial charge in [0, 0.05) is 13.2 Å². The van der Waals surface area contributed by atoms with Crippen molar-refractivity contribution in [1.29, 1.82) is 0 Å². The van der Waals surface area contributed by atoms with Crippen molar-refractivity contribution in [1.82, 2.24) is 5.32 Å². The Morgan fingerprint density at radius 1 is 1.27 bits per heavy atom. The van der Waals surface area contributed by atoms with E-state index in [-0.39, 0.29) is 12.5 Å². The summed E-state index contributed by atoms with van der Waals surface area (Å²) in [6.45, 7) is 0.909. The van der Waals surface area contributed by atoms with Gasteiger partial charge in [0.1, 0.15) is 0 Å². The molecule has 0 spiro atoms. The number of carbonyl (C=O) groups is 1. The fourth-order valence-electron chi connectivity index (χ4n) is 2.02. The van der Waals surface area contributed by atoms with Gasteiger partial charge in [-0.05, 0) is 32.1 Å². The summed E-state index contributed by atoms with van der Waals surface area (Å²) >= 11 is 0. The third-order valence-electron chi connectivity index (χ3n) is 3.07. The highest BCUT2D eigenvalue weighted by Crippen LogP contribution is 2.27. The third-order valence-corrected chi connectivity index (χ3v) is 3.07. The van der Waals surface area contributed by atoms with Crippen molar-refractivity contribution in [3.8, 4) is 0 Å². The van der Waals surface area contributed by atoms with Crippen LogP contribution in [0.15, 0.2) is 0 Å². The number of unbranched alkanes of at least 4 members (excludes halogenated alkanes) is 2. The monoisotopic (exact) mass is 214 g/mol. The Hall–Kier alpha value is -0.610. The second-order valence-electron chi connectivity index (χ2n) is 4.40. The number of aliphatic hydroxyl groups is 1. The second-order valence-corrected chi connectivity index (χ2v) is 4.40. The number of hydrogen-bond acceptors (Lipinski definition) is 3. The fourth-order valence-corrected chi connectivity index (χ4v) is 2.02. The maximum atomic E-state index is 11.7. The van der Waals surface area contributed by atoms with Crippen molar-refractivity contribution >= 4 is 5.91 Å². The van der Waals surface area contributed by atoms with E-state index < -0.39 is 5.54 Å². The van der Waals surface area contributed by atoms with E-state index in [2.05, 4.69) is 5.32 Å². The fraction of sp³-hybridized carbons (Fsp3) is 0.909. The Kier molecular flexibility index (Phi) is 5.05. The Balaban J connectivity index is 2.12. The van der Waals surface area contributed by atoms with E-state index in [0.29, 0.717) is 6.54 Å². The van der Waals surface area contributed by atoms with E-state index in [1.54, 1.807) is 0 Å². The molecule has 0 aromatic heterocycles. The van der Waals surface area contributed by atoms with Crippen LogP contribution in [-0.2, 0) is 4.79 Å². The van der Waals surface area contributed by atoms with Crippen LogP contribution in [-0.4, -0.2) is 29.7 Å². The highest BCUT2D eigenvalue weighted by Gasteiger charge is 2.36. The maximum Gasteiger partial charge on any atom is 0.240 e. The summed E-state index contributed by atoms with van der Waals surface area (Å²) in [5, 5.41) is 11.5. The van der Waals surface area contributed by atoms with Crippen molar-refractivity contribution in [3.05, 3.63) is 0 Å². The number of nitrogens with two attached hydrogens (primary N) is 1. The Morgan fingerprint density at radius 3 is 2.53 bits per heavy atom. The van der Waals surface area contributed by atoms with Crippen LogP contribution in [0.5, 0.6) is 0 Å². The van der Waals surface area contributed by atoms with Crippen molar-refractivity contribution in [2.75, 3.05) is 13.2 Å². The number of hydrogen-bond donors (Lipinski definition) is 3. The molecular formula is C11H22N2O2. The molecule has 0 heterocycles. The third kappa shape index (κ3) is 3.80. The van der Waals surface area contributed by atoms with E-state index in [0.717, 1.165) is 44.9 Å². The molecule has 0 aliphatic heterocycles. The molecule has 15 heavy (non-hydrogen) atoms. The summed E-state index contributed by atoms with van der Waals surface area (Å²) in [6.07, 6.45) is 6.44. The van der Waals surface area contributed by atoms with Crippen LogP contribution in [0.4, 0.5) is 0 Å². The Morgan fingerprint density at radius 2 is 1.93 bits per heavy atom. The molecule has 4 N–H and O–H groups in total. The van der Waals surface area contributed by atoms with E-state index in [1.807, 2.05) is 0 Å². The molecule has 0 saturated heterocycles. The van der Waals surface area contributed by atoms with E-state index >= 15 is 0 Å². The van der Waals surface area contributed by atoms with Gasteiger partial charge < -0.3 is 16.2 Å². The van der Waals surface area contributed by atoms with Crippen LogP contribution in [0.25, 0.3) is 0 Å². The van der Waals surface area contributed by atoms with Gasteiger partial charge in [-0.3, -0.25) is 4.79 Å². The lowest BCUT2D eigenvalue weighted by Gasteiger charge is -2.22. The van der Waals surface area contributed by atoms with Crippen LogP contribution >= 0.6 is 0 Å².